The van der Waals surface area contributed by atoms with Crippen LogP contribution in [0, 0.1) is 5.92 Å². The largest absolute Gasteiger partial charge is 0.363 e. The quantitative estimate of drug-likeness (QED) is 0.308. The molecule has 0 aromatic carbocycles. The Bertz CT molecular complexity index is 187. The molecule has 1 N–H and O–H groups in total. The average Bonchev–Trinajstić information content (AvgIpc) is 2.14. The normalized spacial score (nSPS) is 15.1. The van der Waals surface area contributed by atoms with Crippen LogP contribution in [0.3, 0.4) is 0 Å². The van der Waals surface area contributed by atoms with Crippen LogP contribution in [-0.2, 0) is 14.6 Å². The van der Waals surface area contributed by atoms with Gasteiger partial charge in [-0.3, -0.25) is 4.89 Å². The Labute approximate surface area is 91.5 Å². The minimum absolute atomic E-state index is 0.253. The molecule has 0 aromatic heterocycles. The van der Waals surface area contributed by atoms with Crippen LogP contribution in [0.25, 0.3) is 0 Å². The van der Waals surface area contributed by atoms with Crippen LogP contribution in [0.1, 0.15) is 53.4 Å². The van der Waals surface area contributed by atoms with Crippen molar-refractivity contribution in [1.82, 2.24) is 0 Å². The van der Waals surface area contributed by atoms with Gasteiger partial charge in [0, 0.05) is 6.42 Å². The SMILES string of the molecule is CCCCCC(C)(O)OOC(=O)C(C)C. The number of carbonyl (C=O) groups excluding carboxylic acids is 1. The molecule has 4 heteroatoms. The molecular formula is C11H22O4. The molecule has 1 atom stereocenters. The zero-order chi connectivity index (χ0) is 11.9. The maximum Gasteiger partial charge on any atom is 0.344 e. The minimum atomic E-state index is -1.38. The van der Waals surface area contributed by atoms with E-state index in [0.29, 0.717) is 6.42 Å². The lowest BCUT2D eigenvalue weighted by Crippen LogP contribution is -2.30. The van der Waals surface area contributed by atoms with Crippen LogP contribution < -0.4 is 0 Å². The first-order valence-corrected chi connectivity index (χ1v) is 5.51. The molecule has 0 radical (unpaired) electrons. The maximum atomic E-state index is 11.1. The van der Waals surface area contributed by atoms with Crippen molar-refractivity contribution >= 4 is 5.97 Å². The zero-order valence-corrected chi connectivity index (χ0v) is 10.1. The molecule has 0 aliphatic carbocycles. The van der Waals surface area contributed by atoms with E-state index in [4.69, 9.17) is 4.89 Å². The van der Waals surface area contributed by atoms with Gasteiger partial charge in [-0.1, -0.05) is 33.6 Å². The summed E-state index contributed by atoms with van der Waals surface area (Å²) in [5.74, 6) is -2.10. The van der Waals surface area contributed by atoms with Gasteiger partial charge in [0.2, 0.25) is 5.79 Å². The smallest absolute Gasteiger partial charge is 0.344 e. The van der Waals surface area contributed by atoms with Gasteiger partial charge in [-0.2, -0.15) is 4.89 Å². The van der Waals surface area contributed by atoms with Gasteiger partial charge in [0.05, 0.1) is 5.92 Å². The van der Waals surface area contributed by atoms with E-state index in [1.54, 1.807) is 13.8 Å². The van der Waals surface area contributed by atoms with E-state index in [1.807, 2.05) is 0 Å². The summed E-state index contributed by atoms with van der Waals surface area (Å²) in [5, 5.41) is 9.67. The van der Waals surface area contributed by atoms with Crippen LogP contribution in [-0.4, -0.2) is 16.9 Å². The monoisotopic (exact) mass is 218 g/mol. The first-order chi connectivity index (χ1) is 6.89. The molecule has 0 spiro atoms. The molecule has 0 fully saturated rings. The molecule has 0 heterocycles. The Kier molecular flexibility index (Phi) is 6.52. The predicted molar refractivity (Wildman–Crippen MR) is 56.8 cm³/mol. The van der Waals surface area contributed by atoms with Crippen molar-refractivity contribution in [3.05, 3.63) is 0 Å². The summed E-state index contributed by atoms with van der Waals surface area (Å²) in [5.41, 5.74) is 0. The maximum absolute atomic E-state index is 11.1. The molecule has 0 aliphatic heterocycles. The Balaban J connectivity index is 3.77. The van der Waals surface area contributed by atoms with Crippen molar-refractivity contribution in [3.8, 4) is 0 Å². The molecule has 90 valence electrons. The molecule has 0 saturated heterocycles. The van der Waals surface area contributed by atoms with E-state index in [2.05, 4.69) is 11.8 Å². The number of hydrogen-bond donors (Lipinski definition) is 1. The molecule has 15 heavy (non-hydrogen) atoms. The summed E-state index contributed by atoms with van der Waals surface area (Å²) in [6.45, 7) is 6.99. The molecule has 4 nitrogen and oxygen atoms in total. The van der Waals surface area contributed by atoms with E-state index >= 15 is 0 Å². The van der Waals surface area contributed by atoms with Gasteiger partial charge in [-0.05, 0) is 13.3 Å². The van der Waals surface area contributed by atoms with Crippen molar-refractivity contribution in [3.63, 3.8) is 0 Å². The fourth-order valence-corrected chi connectivity index (χ4v) is 0.972. The van der Waals surface area contributed by atoms with Crippen molar-refractivity contribution in [2.45, 2.75) is 59.2 Å². The van der Waals surface area contributed by atoms with E-state index < -0.39 is 11.8 Å². The summed E-state index contributed by atoms with van der Waals surface area (Å²) in [6.07, 6.45) is 3.41. The Morgan fingerprint density at radius 3 is 2.47 bits per heavy atom. The fraction of sp³-hybridized carbons (Fsp3) is 0.909. The first-order valence-electron chi connectivity index (χ1n) is 5.51. The molecule has 1 unspecified atom stereocenters. The van der Waals surface area contributed by atoms with Gasteiger partial charge in [0.25, 0.3) is 0 Å². The van der Waals surface area contributed by atoms with E-state index in [9.17, 15) is 9.90 Å². The summed E-state index contributed by atoms with van der Waals surface area (Å²) >= 11 is 0. The van der Waals surface area contributed by atoms with E-state index in [-0.39, 0.29) is 5.92 Å². The van der Waals surface area contributed by atoms with Gasteiger partial charge in [-0.25, -0.2) is 4.79 Å². The molecule has 0 rings (SSSR count). The first kappa shape index (κ1) is 14.4. The highest BCUT2D eigenvalue weighted by Gasteiger charge is 2.24. The number of carbonyl (C=O) groups is 1. The molecule has 0 aromatic rings. The van der Waals surface area contributed by atoms with Crippen molar-refractivity contribution in [2.24, 2.45) is 5.92 Å². The number of unbranched alkanes of at least 4 members (excludes halogenated alkanes) is 2. The third-order valence-electron chi connectivity index (χ3n) is 2.02. The Morgan fingerprint density at radius 2 is 2.00 bits per heavy atom. The Morgan fingerprint density at radius 1 is 1.40 bits per heavy atom. The van der Waals surface area contributed by atoms with E-state index in [1.165, 1.54) is 6.92 Å². The summed E-state index contributed by atoms with van der Waals surface area (Å²) in [6, 6.07) is 0. The topological polar surface area (TPSA) is 55.8 Å². The Hall–Kier alpha value is -0.610. The third kappa shape index (κ3) is 7.33. The summed E-state index contributed by atoms with van der Waals surface area (Å²) in [7, 11) is 0. The second kappa shape index (κ2) is 6.80. The molecule has 0 aliphatic rings. The van der Waals surface area contributed by atoms with Crippen molar-refractivity contribution < 1.29 is 19.7 Å². The van der Waals surface area contributed by atoms with Gasteiger partial charge in [0.15, 0.2) is 0 Å². The highest BCUT2D eigenvalue weighted by Crippen LogP contribution is 2.17. The fourth-order valence-electron chi connectivity index (χ4n) is 0.972. The summed E-state index contributed by atoms with van der Waals surface area (Å²) < 4.78 is 0. The molecule has 0 amide bonds. The predicted octanol–water partition coefficient (Wildman–Crippen LogP) is 2.41. The van der Waals surface area contributed by atoms with Gasteiger partial charge in [0.1, 0.15) is 0 Å². The lowest BCUT2D eigenvalue weighted by molar-refractivity contribution is -0.390. The van der Waals surface area contributed by atoms with Crippen LogP contribution >= 0.6 is 0 Å². The van der Waals surface area contributed by atoms with Crippen molar-refractivity contribution in [2.75, 3.05) is 0 Å². The van der Waals surface area contributed by atoms with Crippen LogP contribution in [0.15, 0.2) is 0 Å². The second-order valence-corrected chi connectivity index (χ2v) is 4.27. The highest BCUT2D eigenvalue weighted by atomic mass is 17.2. The molecule has 0 bridgehead atoms. The second-order valence-electron chi connectivity index (χ2n) is 4.27. The minimum Gasteiger partial charge on any atom is -0.363 e. The number of aliphatic hydroxyl groups is 1. The number of rotatable bonds is 7. The third-order valence-corrected chi connectivity index (χ3v) is 2.02. The highest BCUT2D eigenvalue weighted by molar-refractivity contribution is 5.70. The summed E-state index contributed by atoms with van der Waals surface area (Å²) in [4.78, 5) is 20.3. The lowest BCUT2D eigenvalue weighted by Gasteiger charge is -2.21. The van der Waals surface area contributed by atoms with Crippen LogP contribution in [0.5, 0.6) is 0 Å². The number of hydrogen-bond acceptors (Lipinski definition) is 4. The lowest BCUT2D eigenvalue weighted by atomic mass is 10.1. The molecular weight excluding hydrogens is 196 g/mol. The zero-order valence-electron chi connectivity index (χ0n) is 10.1. The van der Waals surface area contributed by atoms with Crippen molar-refractivity contribution in [1.29, 1.82) is 0 Å². The average molecular weight is 218 g/mol. The van der Waals surface area contributed by atoms with Crippen LogP contribution in [0.2, 0.25) is 0 Å². The van der Waals surface area contributed by atoms with Crippen LogP contribution in [0.4, 0.5) is 0 Å². The van der Waals surface area contributed by atoms with Gasteiger partial charge < -0.3 is 5.11 Å². The standard InChI is InChI=1S/C11H22O4/c1-5-6-7-8-11(4,13)15-14-10(12)9(2)3/h9,13H,5-8H2,1-4H3. The molecule has 0 saturated carbocycles. The van der Waals surface area contributed by atoms with Gasteiger partial charge >= 0.3 is 5.97 Å². The van der Waals surface area contributed by atoms with E-state index in [0.717, 1.165) is 19.3 Å². The van der Waals surface area contributed by atoms with Gasteiger partial charge in [-0.15, -0.1) is 0 Å².